The maximum absolute atomic E-state index is 6.01. The monoisotopic (exact) mass is 352 g/mol. The van der Waals surface area contributed by atoms with E-state index < -0.39 is 0 Å². The van der Waals surface area contributed by atoms with Gasteiger partial charge in [0.25, 0.3) is 0 Å². The quantitative estimate of drug-likeness (QED) is 0.768. The lowest BCUT2D eigenvalue weighted by Crippen LogP contribution is -2.13. The molecule has 0 atom stereocenters. The first kappa shape index (κ1) is 15.4. The normalized spacial score (nSPS) is 10.5. The Labute approximate surface area is 135 Å². The second-order valence-electron chi connectivity index (χ2n) is 3.88. The summed E-state index contributed by atoms with van der Waals surface area (Å²) in [4.78, 5) is 13.5. The van der Waals surface area contributed by atoms with Crippen molar-refractivity contribution in [3.63, 3.8) is 0 Å². The van der Waals surface area contributed by atoms with Crippen molar-refractivity contribution in [1.82, 2.24) is 15.0 Å². The van der Waals surface area contributed by atoms with Gasteiger partial charge in [-0.15, -0.1) is 0 Å². The molecular weight excluding hydrogens is 346 g/mol. The van der Waals surface area contributed by atoms with Gasteiger partial charge in [-0.25, -0.2) is 0 Å². The highest BCUT2D eigenvalue weighted by Gasteiger charge is 2.12. The minimum Gasteiger partial charge on any atom is -0.422 e. The van der Waals surface area contributed by atoms with E-state index in [1.807, 2.05) is 0 Å². The fourth-order valence-electron chi connectivity index (χ4n) is 1.25. The highest BCUT2D eigenvalue weighted by Crippen LogP contribution is 2.35. The second-order valence-corrected chi connectivity index (χ2v) is 5.44. The molecule has 0 N–H and O–H groups in total. The van der Waals surface area contributed by atoms with E-state index in [1.54, 1.807) is 19.0 Å². The Morgan fingerprint density at radius 1 is 0.900 bits per heavy atom. The smallest absolute Gasteiger partial charge is 0.328 e. The standard InChI is InChI=1S/C11H8Cl4N4O/c1-19(2)10-16-9(15)17-11(18-10)20-8-4-6(13)5(12)3-7(8)14/h3-4H,1-2H3. The van der Waals surface area contributed by atoms with Gasteiger partial charge in [-0.2, -0.15) is 15.0 Å². The van der Waals surface area contributed by atoms with Gasteiger partial charge in [0.2, 0.25) is 11.2 Å². The van der Waals surface area contributed by atoms with Crippen molar-refractivity contribution < 1.29 is 4.74 Å². The molecule has 0 spiro atoms. The SMILES string of the molecule is CN(C)c1nc(Cl)nc(Oc2cc(Cl)c(Cl)cc2Cl)n1. The molecule has 2 aromatic rings. The minimum atomic E-state index is 0.00832. The van der Waals surface area contributed by atoms with Crippen molar-refractivity contribution >= 4 is 52.4 Å². The predicted octanol–water partition coefficient (Wildman–Crippen LogP) is 4.34. The molecule has 0 radical (unpaired) electrons. The van der Waals surface area contributed by atoms with Crippen molar-refractivity contribution in [3.8, 4) is 11.8 Å². The van der Waals surface area contributed by atoms with Gasteiger partial charge in [0.1, 0.15) is 0 Å². The average molecular weight is 354 g/mol. The highest BCUT2D eigenvalue weighted by molar-refractivity contribution is 6.43. The number of rotatable bonds is 3. The topological polar surface area (TPSA) is 51.1 Å². The fourth-order valence-corrected chi connectivity index (χ4v) is 1.97. The van der Waals surface area contributed by atoms with Crippen molar-refractivity contribution in [2.24, 2.45) is 0 Å². The number of ether oxygens (including phenoxy) is 1. The van der Waals surface area contributed by atoms with Crippen LogP contribution < -0.4 is 9.64 Å². The minimum absolute atomic E-state index is 0.00832. The first-order valence-corrected chi connectivity index (χ1v) is 6.79. The van der Waals surface area contributed by atoms with Gasteiger partial charge in [0.05, 0.1) is 15.1 Å². The molecule has 106 valence electrons. The van der Waals surface area contributed by atoms with Crippen LogP contribution in [0.1, 0.15) is 0 Å². The fraction of sp³-hybridized carbons (Fsp3) is 0.182. The maximum Gasteiger partial charge on any atom is 0.328 e. The number of halogens is 4. The molecule has 0 saturated heterocycles. The number of hydrogen-bond donors (Lipinski definition) is 0. The molecule has 0 unspecified atom stereocenters. The number of benzene rings is 1. The largest absolute Gasteiger partial charge is 0.422 e. The van der Waals surface area contributed by atoms with Crippen LogP contribution in [-0.4, -0.2) is 29.0 Å². The molecule has 5 nitrogen and oxygen atoms in total. The van der Waals surface area contributed by atoms with Gasteiger partial charge in [0.15, 0.2) is 5.75 Å². The van der Waals surface area contributed by atoms with Crippen LogP contribution in [0.2, 0.25) is 20.4 Å². The van der Waals surface area contributed by atoms with Crippen LogP contribution in [0.3, 0.4) is 0 Å². The van der Waals surface area contributed by atoms with E-state index in [4.69, 9.17) is 51.1 Å². The van der Waals surface area contributed by atoms with Gasteiger partial charge in [-0.05, 0) is 17.7 Å². The molecule has 20 heavy (non-hydrogen) atoms. The summed E-state index contributed by atoms with van der Waals surface area (Å²) in [6.45, 7) is 0. The second kappa shape index (κ2) is 6.18. The molecule has 2 rings (SSSR count). The van der Waals surface area contributed by atoms with Crippen LogP contribution in [0.15, 0.2) is 12.1 Å². The predicted molar refractivity (Wildman–Crippen MR) is 80.7 cm³/mol. The van der Waals surface area contributed by atoms with Crippen LogP contribution in [0.4, 0.5) is 5.95 Å². The van der Waals surface area contributed by atoms with E-state index >= 15 is 0 Å². The summed E-state index contributed by atoms with van der Waals surface area (Å²) in [6, 6.07) is 2.95. The summed E-state index contributed by atoms with van der Waals surface area (Å²) in [5.41, 5.74) is 0. The van der Waals surface area contributed by atoms with Crippen molar-refractivity contribution in [1.29, 1.82) is 0 Å². The first-order valence-electron chi connectivity index (χ1n) is 5.28. The molecule has 0 aliphatic rings. The van der Waals surface area contributed by atoms with Crippen LogP contribution >= 0.6 is 46.4 Å². The molecule has 0 aliphatic heterocycles. The Morgan fingerprint density at radius 2 is 1.55 bits per heavy atom. The zero-order chi connectivity index (χ0) is 14.9. The number of nitrogens with zero attached hydrogens (tertiary/aromatic N) is 4. The Kier molecular flexibility index (Phi) is 4.75. The molecule has 0 amide bonds. The summed E-state index contributed by atoms with van der Waals surface area (Å²) in [5.74, 6) is 0.629. The first-order chi connectivity index (χ1) is 9.36. The average Bonchev–Trinajstić information content (AvgIpc) is 2.35. The van der Waals surface area contributed by atoms with Crippen LogP contribution in [0, 0.1) is 0 Å². The lowest BCUT2D eigenvalue weighted by atomic mass is 10.3. The zero-order valence-corrected chi connectivity index (χ0v) is 13.4. The van der Waals surface area contributed by atoms with Crippen molar-refractivity contribution in [3.05, 3.63) is 32.5 Å². The number of aromatic nitrogens is 3. The third-order valence-electron chi connectivity index (χ3n) is 2.15. The highest BCUT2D eigenvalue weighted by atomic mass is 35.5. The maximum atomic E-state index is 6.01. The molecule has 1 aromatic heterocycles. The van der Waals surface area contributed by atoms with Crippen LogP contribution in [-0.2, 0) is 0 Å². The zero-order valence-electron chi connectivity index (χ0n) is 10.4. The lowest BCUT2D eigenvalue weighted by molar-refractivity contribution is 0.440. The van der Waals surface area contributed by atoms with E-state index in [2.05, 4.69) is 15.0 Å². The summed E-state index contributed by atoms with van der Waals surface area (Å²) in [7, 11) is 3.53. The molecule has 0 fully saturated rings. The van der Waals surface area contributed by atoms with Gasteiger partial charge in [-0.1, -0.05) is 34.8 Å². The molecule has 1 aromatic carbocycles. The van der Waals surface area contributed by atoms with E-state index in [1.165, 1.54) is 12.1 Å². The third-order valence-corrected chi connectivity index (χ3v) is 3.34. The molecule has 1 heterocycles. The Balaban J connectivity index is 2.37. The summed E-state index contributed by atoms with van der Waals surface area (Å²) >= 11 is 23.6. The van der Waals surface area contributed by atoms with Crippen LogP contribution in [0.5, 0.6) is 11.8 Å². The molecule has 0 saturated carbocycles. The van der Waals surface area contributed by atoms with Gasteiger partial charge >= 0.3 is 6.01 Å². The number of anilines is 1. The Hall–Kier alpha value is -1.01. The molecule has 0 aliphatic carbocycles. The van der Waals surface area contributed by atoms with Gasteiger partial charge < -0.3 is 9.64 Å². The Morgan fingerprint density at radius 3 is 2.20 bits per heavy atom. The summed E-state index contributed by atoms with van der Waals surface area (Å²) in [5, 5.41) is 0.919. The van der Waals surface area contributed by atoms with E-state index in [0.717, 1.165) is 0 Å². The van der Waals surface area contributed by atoms with Crippen molar-refractivity contribution in [2.75, 3.05) is 19.0 Å². The molecule has 9 heteroatoms. The van der Waals surface area contributed by atoms with Crippen molar-refractivity contribution in [2.45, 2.75) is 0 Å². The molecular formula is C11H8Cl4N4O. The van der Waals surface area contributed by atoms with Crippen LogP contribution in [0.25, 0.3) is 0 Å². The van der Waals surface area contributed by atoms with Gasteiger partial charge in [0, 0.05) is 20.2 Å². The molecule has 0 bridgehead atoms. The van der Waals surface area contributed by atoms with E-state index in [0.29, 0.717) is 16.0 Å². The van der Waals surface area contributed by atoms with Gasteiger partial charge in [-0.3, -0.25) is 0 Å². The third kappa shape index (κ3) is 3.55. The summed E-state index contributed by atoms with van der Waals surface area (Å²) < 4.78 is 5.47. The lowest BCUT2D eigenvalue weighted by Gasteiger charge is -2.12. The van der Waals surface area contributed by atoms with E-state index in [-0.39, 0.29) is 22.1 Å². The number of hydrogen-bond acceptors (Lipinski definition) is 5. The summed E-state index contributed by atoms with van der Waals surface area (Å²) in [6.07, 6.45) is 0. The van der Waals surface area contributed by atoms with E-state index in [9.17, 15) is 0 Å². The Bertz CT molecular complexity index is 651.